The first-order chi connectivity index (χ1) is 28.3. The monoisotopic (exact) mass is 723 g/mol. The number of benzene rings is 10. The van der Waals surface area contributed by atoms with E-state index in [9.17, 15) is 0 Å². The Bertz CT molecular complexity index is 3790. The lowest BCUT2D eigenvalue weighted by Crippen LogP contribution is -2.00. The molecule has 13 aromatic rings. The summed E-state index contributed by atoms with van der Waals surface area (Å²) in [7, 11) is 0. The van der Waals surface area contributed by atoms with Crippen LogP contribution in [-0.4, -0.2) is 13.7 Å². The second-order valence-corrected chi connectivity index (χ2v) is 15.2. The van der Waals surface area contributed by atoms with Gasteiger partial charge in [0, 0.05) is 60.2 Å². The van der Waals surface area contributed by atoms with E-state index >= 15 is 0 Å². The van der Waals surface area contributed by atoms with E-state index in [0.29, 0.717) is 0 Å². The maximum absolute atomic E-state index is 2.56. The van der Waals surface area contributed by atoms with E-state index in [1.165, 1.54) is 97.7 Å². The molecule has 3 heteroatoms. The minimum atomic E-state index is 1.13. The smallest absolute Gasteiger partial charge is 0.0795 e. The molecule has 0 radical (unpaired) electrons. The van der Waals surface area contributed by atoms with Gasteiger partial charge in [0.05, 0.1) is 33.1 Å². The molecule has 3 heterocycles. The van der Waals surface area contributed by atoms with Crippen molar-refractivity contribution >= 4 is 97.7 Å². The van der Waals surface area contributed by atoms with Gasteiger partial charge in [-0.15, -0.1) is 0 Å². The van der Waals surface area contributed by atoms with Crippen LogP contribution in [0.25, 0.3) is 115 Å². The lowest BCUT2D eigenvalue weighted by atomic mass is 9.89. The number of para-hydroxylation sites is 5. The van der Waals surface area contributed by atoms with Crippen molar-refractivity contribution in [3.8, 4) is 17.1 Å². The molecule has 0 spiro atoms. The van der Waals surface area contributed by atoms with Gasteiger partial charge in [-0.2, -0.15) is 0 Å². The molecule has 0 saturated carbocycles. The lowest BCUT2D eigenvalue weighted by molar-refractivity contribution is 1.14. The van der Waals surface area contributed by atoms with Gasteiger partial charge in [-0.3, -0.25) is 0 Å². The minimum absolute atomic E-state index is 1.13. The first-order valence-corrected chi connectivity index (χ1v) is 19.7. The van der Waals surface area contributed by atoms with E-state index in [2.05, 4.69) is 214 Å². The number of aromatic nitrogens is 3. The predicted molar refractivity (Wildman–Crippen MR) is 242 cm³/mol. The Kier molecular flexibility index (Phi) is 6.16. The van der Waals surface area contributed by atoms with Gasteiger partial charge in [-0.05, 0) is 76.1 Å². The van der Waals surface area contributed by atoms with Crippen LogP contribution < -0.4 is 0 Å². The summed E-state index contributed by atoms with van der Waals surface area (Å²) in [5.41, 5.74) is 10.6. The Labute approximate surface area is 327 Å². The van der Waals surface area contributed by atoms with Crippen molar-refractivity contribution in [2.45, 2.75) is 0 Å². The largest absolute Gasteiger partial charge is 0.309 e. The minimum Gasteiger partial charge on any atom is -0.309 e. The number of hydrogen-bond acceptors (Lipinski definition) is 0. The van der Waals surface area contributed by atoms with Crippen molar-refractivity contribution in [1.29, 1.82) is 0 Å². The molecule has 57 heavy (non-hydrogen) atoms. The highest BCUT2D eigenvalue weighted by molar-refractivity contribution is 6.45. The number of hydrogen-bond donors (Lipinski definition) is 0. The summed E-state index contributed by atoms with van der Waals surface area (Å²) < 4.78 is 7.50. The summed E-state index contributed by atoms with van der Waals surface area (Å²) in [5, 5.41) is 15.3. The van der Waals surface area contributed by atoms with Crippen LogP contribution in [0.15, 0.2) is 200 Å². The lowest BCUT2D eigenvalue weighted by Gasteiger charge is -2.17. The quantitative estimate of drug-likeness (QED) is 0.161. The number of rotatable bonds is 3. The standard InChI is InChI=1S/C54H33N3/c1-3-17-34(18-4-1)55-45-28-14-11-23-39(45)40-32-31-36(33-48(40)55)57-47-30-16-13-27-44(47)52-50-42-25-10-8-22-38(42)37-21-7-9-24-41(37)49(50)51-43-26-12-15-29-46(43)56(53(51)54(52)57)35-19-5-2-6-20-35/h1-33H. The average Bonchev–Trinajstić information content (AvgIpc) is 3.93. The Morgan fingerprint density at radius 3 is 1.11 bits per heavy atom. The molecular weight excluding hydrogens is 691 g/mol. The second kappa shape index (κ2) is 11.5. The summed E-state index contributed by atoms with van der Waals surface area (Å²) in [6.45, 7) is 0. The normalized spacial score (nSPS) is 12.2. The third-order valence-electron chi connectivity index (χ3n) is 12.4. The van der Waals surface area contributed by atoms with Gasteiger partial charge in [0.25, 0.3) is 0 Å². The molecule has 264 valence electrons. The van der Waals surface area contributed by atoms with Crippen LogP contribution in [0.3, 0.4) is 0 Å². The summed E-state index contributed by atoms with van der Waals surface area (Å²) in [4.78, 5) is 0. The van der Waals surface area contributed by atoms with E-state index in [4.69, 9.17) is 0 Å². The predicted octanol–water partition coefficient (Wildman–Crippen LogP) is 14.4. The second-order valence-electron chi connectivity index (χ2n) is 15.2. The van der Waals surface area contributed by atoms with Crippen molar-refractivity contribution in [3.63, 3.8) is 0 Å². The Hall–Kier alpha value is -7.62. The summed E-state index contributed by atoms with van der Waals surface area (Å²) >= 11 is 0. The van der Waals surface area contributed by atoms with Gasteiger partial charge in [0.2, 0.25) is 0 Å². The van der Waals surface area contributed by atoms with Gasteiger partial charge in [0.1, 0.15) is 0 Å². The van der Waals surface area contributed by atoms with Crippen LogP contribution in [0.1, 0.15) is 0 Å². The van der Waals surface area contributed by atoms with Crippen LogP contribution in [0, 0.1) is 0 Å². The topological polar surface area (TPSA) is 14.8 Å². The van der Waals surface area contributed by atoms with Crippen molar-refractivity contribution in [3.05, 3.63) is 200 Å². The number of nitrogens with zero attached hydrogens (tertiary/aromatic N) is 3. The van der Waals surface area contributed by atoms with Crippen LogP contribution in [0.4, 0.5) is 0 Å². The van der Waals surface area contributed by atoms with Crippen molar-refractivity contribution < 1.29 is 0 Å². The Balaban J connectivity index is 1.33. The van der Waals surface area contributed by atoms with E-state index in [1.54, 1.807) is 0 Å². The zero-order valence-corrected chi connectivity index (χ0v) is 30.9. The summed E-state index contributed by atoms with van der Waals surface area (Å²) in [6, 6.07) is 73.6. The molecule has 0 fully saturated rings. The zero-order valence-electron chi connectivity index (χ0n) is 30.9. The van der Waals surface area contributed by atoms with Gasteiger partial charge >= 0.3 is 0 Å². The highest BCUT2D eigenvalue weighted by Crippen LogP contribution is 2.51. The average molecular weight is 724 g/mol. The van der Waals surface area contributed by atoms with E-state index in [-0.39, 0.29) is 0 Å². The van der Waals surface area contributed by atoms with Crippen molar-refractivity contribution in [2.24, 2.45) is 0 Å². The fraction of sp³-hybridized carbons (Fsp3) is 0. The summed E-state index contributed by atoms with van der Waals surface area (Å²) in [6.07, 6.45) is 0. The van der Waals surface area contributed by atoms with Gasteiger partial charge in [-0.25, -0.2) is 0 Å². The molecule has 3 aromatic heterocycles. The highest BCUT2D eigenvalue weighted by Gasteiger charge is 2.27. The Morgan fingerprint density at radius 1 is 0.211 bits per heavy atom. The first-order valence-electron chi connectivity index (χ1n) is 19.7. The molecule has 0 N–H and O–H groups in total. The third-order valence-corrected chi connectivity index (χ3v) is 12.4. The van der Waals surface area contributed by atoms with Crippen LogP contribution in [0.2, 0.25) is 0 Å². The molecule has 0 saturated heterocycles. The maximum Gasteiger partial charge on any atom is 0.0795 e. The molecule has 0 atom stereocenters. The molecule has 13 rings (SSSR count). The number of fused-ring (bicyclic) bond motifs is 18. The van der Waals surface area contributed by atoms with E-state index in [0.717, 1.165) is 17.1 Å². The molecule has 0 aliphatic heterocycles. The molecule has 0 aliphatic rings. The molecule has 0 amide bonds. The third kappa shape index (κ3) is 4.05. The first kappa shape index (κ1) is 30.7. The zero-order chi connectivity index (χ0) is 37.2. The van der Waals surface area contributed by atoms with Crippen LogP contribution in [0.5, 0.6) is 0 Å². The van der Waals surface area contributed by atoms with Crippen molar-refractivity contribution in [1.82, 2.24) is 13.7 Å². The molecule has 0 aliphatic carbocycles. The highest BCUT2D eigenvalue weighted by atomic mass is 15.1. The van der Waals surface area contributed by atoms with Crippen molar-refractivity contribution in [2.75, 3.05) is 0 Å². The van der Waals surface area contributed by atoms with Gasteiger partial charge in [-0.1, -0.05) is 146 Å². The maximum atomic E-state index is 2.56. The SMILES string of the molecule is c1ccc(-n2c3ccccc3c3ccc(-n4c5ccccc5c5c6c7ccccc7c7ccccc7c6c6c7ccccc7n(-c7ccccc7)c6c54)cc32)cc1. The molecule has 0 bridgehead atoms. The molecule has 0 unspecified atom stereocenters. The fourth-order valence-corrected chi connectivity index (χ4v) is 10.2. The van der Waals surface area contributed by atoms with Gasteiger partial charge in [0.15, 0.2) is 0 Å². The van der Waals surface area contributed by atoms with Gasteiger partial charge < -0.3 is 13.7 Å². The van der Waals surface area contributed by atoms with E-state index in [1.807, 2.05) is 0 Å². The fourth-order valence-electron chi connectivity index (χ4n) is 10.2. The molecule has 3 nitrogen and oxygen atoms in total. The summed E-state index contributed by atoms with van der Waals surface area (Å²) in [5.74, 6) is 0. The van der Waals surface area contributed by atoms with E-state index < -0.39 is 0 Å². The molecule has 10 aromatic carbocycles. The van der Waals surface area contributed by atoms with Crippen LogP contribution >= 0.6 is 0 Å². The van der Waals surface area contributed by atoms with Crippen LogP contribution in [-0.2, 0) is 0 Å². The Morgan fingerprint density at radius 2 is 0.579 bits per heavy atom. The molecular formula is C54H33N3.